The Morgan fingerprint density at radius 2 is 1.96 bits per heavy atom. The highest BCUT2D eigenvalue weighted by Crippen LogP contribution is 2.36. The highest BCUT2D eigenvalue weighted by Gasteiger charge is 2.27. The van der Waals surface area contributed by atoms with Gasteiger partial charge in [-0.2, -0.15) is 5.10 Å². The number of nitrogens with two attached hydrogens (primary N) is 1. The number of hydrogen-bond acceptors (Lipinski definition) is 8. The van der Waals surface area contributed by atoms with Gasteiger partial charge in [-0.25, -0.2) is 28.4 Å². The quantitative estimate of drug-likeness (QED) is 0.212. The number of imidazole rings is 1. The minimum Gasteiger partial charge on any atom is -0.507 e. The van der Waals surface area contributed by atoms with Gasteiger partial charge >= 0.3 is 0 Å². The number of fused-ring (bicyclic) bond motifs is 2. The number of halogens is 2. The molecule has 7 rings (SSSR count). The summed E-state index contributed by atoms with van der Waals surface area (Å²) >= 11 is 0. The topological polar surface area (TPSA) is 154 Å². The van der Waals surface area contributed by atoms with Gasteiger partial charge in [0, 0.05) is 23.6 Å². The van der Waals surface area contributed by atoms with Crippen LogP contribution in [0.5, 0.6) is 5.75 Å². The summed E-state index contributed by atoms with van der Waals surface area (Å²) < 4.78 is 29.6. The van der Waals surface area contributed by atoms with E-state index < -0.39 is 6.43 Å². The summed E-state index contributed by atoms with van der Waals surface area (Å²) in [7, 11) is 0. The molecule has 0 bridgehead atoms. The molecule has 0 radical (unpaired) electrons. The zero-order valence-electron chi connectivity index (χ0n) is 23.4. The average Bonchev–Trinajstić information content (AvgIpc) is 3.78. The second kappa shape index (κ2) is 10.9. The molecule has 4 heterocycles. The van der Waals surface area contributed by atoms with E-state index in [1.54, 1.807) is 24.4 Å². The van der Waals surface area contributed by atoms with Crippen LogP contribution >= 0.6 is 0 Å². The molecule has 224 valence electrons. The van der Waals surface area contributed by atoms with E-state index in [1.165, 1.54) is 35.1 Å². The Morgan fingerprint density at radius 1 is 1.09 bits per heavy atom. The third-order valence-corrected chi connectivity index (χ3v) is 7.82. The van der Waals surface area contributed by atoms with E-state index in [9.17, 15) is 23.5 Å². The Morgan fingerprint density at radius 3 is 2.73 bits per heavy atom. The van der Waals surface area contributed by atoms with Crippen LogP contribution in [0, 0.1) is 0 Å². The molecule has 45 heavy (non-hydrogen) atoms. The molecule has 4 N–H and O–H groups in total. The second-order valence-corrected chi connectivity index (χ2v) is 10.5. The molecule has 13 heteroatoms. The molecule has 0 fully saturated rings. The van der Waals surface area contributed by atoms with Gasteiger partial charge < -0.3 is 16.2 Å². The van der Waals surface area contributed by atoms with Crippen molar-refractivity contribution in [2.45, 2.75) is 25.3 Å². The standard InChI is InChI=1S/C32H24F2N8O3/c33-28(34)24-11-13-41(40-24)27-10-8-25-31(39-27)42(30(37-25)22-2-1-12-36-29(22)35)20-5-6-21-17(15-20)3-7-23(21)38-32(45)18-4-9-26(44)19(14-18)16-43/h1-2,4-6,8-16,23,28,44H,3,7H2,(H2,35,36)(H,38,45)/t23-/m0/s1. The first-order chi connectivity index (χ1) is 21.8. The third-order valence-electron chi connectivity index (χ3n) is 7.82. The van der Waals surface area contributed by atoms with Crippen LogP contribution in [0.25, 0.3) is 34.1 Å². The van der Waals surface area contributed by atoms with Crippen molar-refractivity contribution in [1.29, 1.82) is 0 Å². The fourth-order valence-corrected chi connectivity index (χ4v) is 5.61. The van der Waals surface area contributed by atoms with Crippen LogP contribution < -0.4 is 11.1 Å². The van der Waals surface area contributed by atoms with Crippen LogP contribution in [0.4, 0.5) is 14.6 Å². The third kappa shape index (κ3) is 4.93. The number of aromatic hydroxyl groups is 1. The summed E-state index contributed by atoms with van der Waals surface area (Å²) in [5.74, 6) is 0.551. The number of aromatic nitrogens is 6. The van der Waals surface area contributed by atoms with Crippen molar-refractivity contribution in [3.8, 4) is 28.6 Å². The maximum atomic E-state index is 13.2. The van der Waals surface area contributed by atoms with E-state index >= 15 is 0 Å². The number of phenolic OH excluding ortho intramolecular Hbond substituents is 1. The number of benzene rings is 2. The molecule has 2 aromatic carbocycles. The van der Waals surface area contributed by atoms with Gasteiger partial charge in [-0.15, -0.1) is 0 Å². The van der Waals surface area contributed by atoms with Gasteiger partial charge in [0.05, 0.1) is 17.2 Å². The van der Waals surface area contributed by atoms with Gasteiger partial charge in [-0.1, -0.05) is 6.07 Å². The number of aldehydes is 1. The molecule has 0 saturated heterocycles. The predicted molar refractivity (Wildman–Crippen MR) is 161 cm³/mol. The van der Waals surface area contributed by atoms with E-state index in [1.807, 2.05) is 28.8 Å². The highest BCUT2D eigenvalue weighted by atomic mass is 19.3. The van der Waals surface area contributed by atoms with E-state index in [4.69, 9.17) is 15.7 Å². The molecule has 0 saturated carbocycles. The number of rotatable bonds is 7. The van der Waals surface area contributed by atoms with Crippen molar-refractivity contribution in [2.24, 2.45) is 0 Å². The number of aryl methyl sites for hydroxylation is 1. The van der Waals surface area contributed by atoms with Gasteiger partial charge in [-0.05, 0) is 84.6 Å². The zero-order chi connectivity index (χ0) is 31.2. The molecule has 1 aliphatic rings. The van der Waals surface area contributed by atoms with Crippen LogP contribution in [0.15, 0.2) is 79.1 Å². The number of nitrogen functional groups attached to an aromatic ring is 1. The monoisotopic (exact) mass is 606 g/mol. The summed E-state index contributed by atoms with van der Waals surface area (Å²) in [6, 6.07) is 17.9. The normalized spacial score (nSPS) is 14.2. The van der Waals surface area contributed by atoms with Gasteiger partial charge in [0.1, 0.15) is 22.8 Å². The Bertz CT molecular complexity index is 2120. The molecule has 0 unspecified atom stereocenters. The Hall–Kier alpha value is -5.98. The Kier molecular flexibility index (Phi) is 6.76. The molecule has 1 atom stereocenters. The lowest BCUT2D eigenvalue weighted by Gasteiger charge is -2.16. The summed E-state index contributed by atoms with van der Waals surface area (Å²) in [6.45, 7) is 0. The smallest absolute Gasteiger partial charge is 0.282 e. The number of phenols is 1. The lowest BCUT2D eigenvalue weighted by atomic mass is 10.1. The lowest BCUT2D eigenvalue weighted by molar-refractivity contribution is 0.0936. The maximum absolute atomic E-state index is 13.2. The highest BCUT2D eigenvalue weighted by molar-refractivity contribution is 5.96. The van der Waals surface area contributed by atoms with Crippen LogP contribution in [0.2, 0.25) is 0 Å². The van der Waals surface area contributed by atoms with E-state index in [0.717, 1.165) is 16.8 Å². The molecule has 1 aliphatic carbocycles. The zero-order valence-corrected chi connectivity index (χ0v) is 23.4. The summed E-state index contributed by atoms with van der Waals surface area (Å²) in [6.07, 6.45) is 2.14. The number of hydrogen-bond donors (Lipinski definition) is 3. The molecule has 4 aromatic heterocycles. The minimum atomic E-state index is -2.71. The van der Waals surface area contributed by atoms with Gasteiger partial charge in [0.2, 0.25) is 0 Å². The summed E-state index contributed by atoms with van der Waals surface area (Å²) in [5.41, 5.74) is 10.5. The van der Waals surface area contributed by atoms with Crippen molar-refractivity contribution in [1.82, 2.24) is 34.6 Å². The number of alkyl halides is 2. The number of nitrogens with one attached hydrogen (secondary N) is 1. The van der Waals surface area contributed by atoms with Gasteiger partial charge in [-0.3, -0.25) is 14.2 Å². The number of anilines is 1. The summed E-state index contributed by atoms with van der Waals surface area (Å²) in [4.78, 5) is 38.1. The second-order valence-electron chi connectivity index (χ2n) is 10.5. The maximum Gasteiger partial charge on any atom is 0.282 e. The van der Waals surface area contributed by atoms with Crippen molar-refractivity contribution >= 4 is 29.2 Å². The van der Waals surface area contributed by atoms with Crippen molar-refractivity contribution in [3.63, 3.8) is 0 Å². The van der Waals surface area contributed by atoms with Crippen molar-refractivity contribution in [2.75, 3.05) is 5.73 Å². The van der Waals surface area contributed by atoms with Crippen LogP contribution in [-0.4, -0.2) is 46.6 Å². The number of carbonyl (C=O) groups excluding carboxylic acids is 2. The van der Waals surface area contributed by atoms with E-state index in [2.05, 4.69) is 15.4 Å². The molecular weight excluding hydrogens is 582 g/mol. The lowest BCUT2D eigenvalue weighted by Crippen LogP contribution is -2.27. The summed E-state index contributed by atoms with van der Waals surface area (Å²) in [5, 5.41) is 16.8. The van der Waals surface area contributed by atoms with Crippen LogP contribution in [0.1, 0.15) is 56.4 Å². The molecular formula is C32H24F2N8O3. The number of carbonyl (C=O) groups is 2. The molecule has 11 nitrogen and oxygen atoms in total. The first kappa shape index (κ1) is 27.8. The minimum absolute atomic E-state index is 0.0375. The van der Waals surface area contributed by atoms with E-state index in [0.29, 0.717) is 47.5 Å². The largest absolute Gasteiger partial charge is 0.507 e. The van der Waals surface area contributed by atoms with Crippen molar-refractivity contribution < 1.29 is 23.5 Å². The van der Waals surface area contributed by atoms with Crippen LogP contribution in [-0.2, 0) is 6.42 Å². The SMILES string of the molecule is Nc1ncccc1-c1nc2ccc(-n3ccc(C(F)F)n3)nc2n1-c1ccc2c(c1)CC[C@@H]2NC(=O)c1ccc(O)c(C=O)c1. The average molecular weight is 607 g/mol. The first-order valence-corrected chi connectivity index (χ1v) is 14.0. The number of pyridine rings is 2. The van der Waals surface area contributed by atoms with Crippen LogP contribution in [0.3, 0.4) is 0 Å². The fourth-order valence-electron chi connectivity index (χ4n) is 5.61. The van der Waals surface area contributed by atoms with Gasteiger partial charge in [0.25, 0.3) is 12.3 Å². The Balaban J connectivity index is 1.29. The number of nitrogens with zero attached hydrogens (tertiary/aromatic N) is 6. The predicted octanol–water partition coefficient (Wildman–Crippen LogP) is 5.12. The van der Waals surface area contributed by atoms with Crippen molar-refractivity contribution in [3.05, 3.63) is 107 Å². The van der Waals surface area contributed by atoms with Gasteiger partial charge in [0.15, 0.2) is 23.6 Å². The van der Waals surface area contributed by atoms with E-state index in [-0.39, 0.29) is 40.3 Å². The Labute approximate surface area is 254 Å². The molecule has 6 aromatic rings. The number of amides is 1. The first-order valence-electron chi connectivity index (χ1n) is 14.0. The molecule has 1 amide bonds. The molecule has 0 aliphatic heterocycles. The fraction of sp³-hybridized carbons (Fsp3) is 0.125. The molecule has 0 spiro atoms.